The summed E-state index contributed by atoms with van der Waals surface area (Å²) >= 11 is 0. The third-order valence-electron chi connectivity index (χ3n) is 4.14. The van der Waals surface area contributed by atoms with Crippen LogP contribution in [0.15, 0.2) is 67.3 Å². The second-order valence-corrected chi connectivity index (χ2v) is 6.11. The molecule has 3 aromatic rings. The molecule has 1 aromatic heterocycles. The highest BCUT2D eigenvalue weighted by atomic mass is 16.5. The third-order valence-corrected chi connectivity index (χ3v) is 4.14. The van der Waals surface area contributed by atoms with Crippen LogP contribution in [0.1, 0.15) is 23.6 Å². The molecule has 5 heteroatoms. The molecule has 2 aromatic carbocycles. The summed E-state index contributed by atoms with van der Waals surface area (Å²) in [5.41, 5.74) is 3.50. The summed E-state index contributed by atoms with van der Waals surface area (Å²) in [5.74, 6) is 0.577. The molecule has 0 fully saturated rings. The Morgan fingerprint density at radius 1 is 1.04 bits per heavy atom. The molecule has 0 bridgehead atoms. The lowest BCUT2D eigenvalue weighted by atomic mass is 10.1. The molecule has 1 amide bonds. The standard InChI is InChI=1S/C21H23N3O2/c1-2-17-7-9-20(10-8-17)26-15-21(25)23-13-18-3-5-19(6-4-18)14-24-12-11-22-16-24/h3-12,16H,2,13-15H2,1H3,(H,23,25). The number of aryl methyl sites for hydroxylation is 1. The Balaban J connectivity index is 1.42. The zero-order chi connectivity index (χ0) is 18.2. The Labute approximate surface area is 153 Å². The van der Waals surface area contributed by atoms with Gasteiger partial charge in [-0.1, -0.05) is 43.3 Å². The fourth-order valence-corrected chi connectivity index (χ4v) is 2.58. The van der Waals surface area contributed by atoms with Gasteiger partial charge in [0.1, 0.15) is 5.75 Å². The minimum Gasteiger partial charge on any atom is -0.484 e. The van der Waals surface area contributed by atoms with Crippen LogP contribution in [0.2, 0.25) is 0 Å². The molecule has 0 spiro atoms. The molecular formula is C21H23N3O2. The van der Waals surface area contributed by atoms with Gasteiger partial charge in [0.25, 0.3) is 5.91 Å². The van der Waals surface area contributed by atoms with Crippen molar-refractivity contribution < 1.29 is 9.53 Å². The predicted octanol–water partition coefficient (Wildman–Crippen LogP) is 3.19. The van der Waals surface area contributed by atoms with Crippen molar-refractivity contribution in [1.29, 1.82) is 0 Å². The molecule has 1 N–H and O–H groups in total. The monoisotopic (exact) mass is 349 g/mol. The van der Waals surface area contributed by atoms with Crippen molar-refractivity contribution in [2.24, 2.45) is 0 Å². The summed E-state index contributed by atoms with van der Waals surface area (Å²) in [6.07, 6.45) is 6.49. The number of imidazole rings is 1. The van der Waals surface area contributed by atoms with Gasteiger partial charge in [0.2, 0.25) is 0 Å². The first-order valence-electron chi connectivity index (χ1n) is 8.75. The highest BCUT2D eigenvalue weighted by molar-refractivity contribution is 5.77. The van der Waals surface area contributed by atoms with Crippen molar-refractivity contribution in [1.82, 2.24) is 14.9 Å². The summed E-state index contributed by atoms with van der Waals surface area (Å²) in [4.78, 5) is 16.0. The molecule has 0 aliphatic rings. The molecule has 3 rings (SSSR count). The van der Waals surface area contributed by atoms with Crippen molar-refractivity contribution in [3.05, 3.63) is 83.9 Å². The van der Waals surface area contributed by atoms with Crippen LogP contribution in [-0.2, 0) is 24.3 Å². The van der Waals surface area contributed by atoms with Crippen LogP contribution in [0.4, 0.5) is 0 Å². The number of amides is 1. The number of nitrogens with zero attached hydrogens (tertiary/aromatic N) is 2. The Morgan fingerprint density at radius 2 is 1.73 bits per heavy atom. The Morgan fingerprint density at radius 3 is 2.38 bits per heavy atom. The average Bonchev–Trinajstić information content (AvgIpc) is 3.19. The number of benzene rings is 2. The van der Waals surface area contributed by atoms with E-state index in [1.165, 1.54) is 11.1 Å². The zero-order valence-corrected chi connectivity index (χ0v) is 14.9. The number of hydrogen-bond donors (Lipinski definition) is 1. The van der Waals surface area contributed by atoms with E-state index in [2.05, 4.69) is 29.4 Å². The lowest BCUT2D eigenvalue weighted by Crippen LogP contribution is -2.28. The largest absolute Gasteiger partial charge is 0.484 e. The van der Waals surface area contributed by atoms with Gasteiger partial charge in [-0.15, -0.1) is 0 Å². The summed E-state index contributed by atoms with van der Waals surface area (Å²) in [7, 11) is 0. The van der Waals surface area contributed by atoms with Crippen LogP contribution in [0, 0.1) is 0 Å². The van der Waals surface area contributed by atoms with Crippen LogP contribution in [-0.4, -0.2) is 22.1 Å². The van der Waals surface area contributed by atoms with Gasteiger partial charge in [0.15, 0.2) is 6.61 Å². The number of rotatable bonds is 8. The van der Waals surface area contributed by atoms with Gasteiger partial charge in [-0.25, -0.2) is 4.98 Å². The molecule has 26 heavy (non-hydrogen) atoms. The summed E-state index contributed by atoms with van der Waals surface area (Å²) in [6, 6.07) is 16.0. The number of ether oxygens (including phenoxy) is 1. The van der Waals surface area contributed by atoms with E-state index in [0.29, 0.717) is 12.3 Å². The predicted molar refractivity (Wildman–Crippen MR) is 101 cm³/mol. The maximum atomic E-state index is 11.9. The van der Waals surface area contributed by atoms with Crippen LogP contribution >= 0.6 is 0 Å². The minimum atomic E-state index is -0.132. The van der Waals surface area contributed by atoms with E-state index in [-0.39, 0.29) is 12.5 Å². The van der Waals surface area contributed by atoms with Crippen LogP contribution in [0.3, 0.4) is 0 Å². The Kier molecular flexibility index (Phi) is 6.04. The van der Waals surface area contributed by atoms with Crippen LogP contribution in [0.5, 0.6) is 5.75 Å². The topological polar surface area (TPSA) is 56.1 Å². The van der Waals surface area contributed by atoms with Crippen molar-refractivity contribution >= 4 is 5.91 Å². The number of nitrogens with one attached hydrogen (secondary N) is 1. The smallest absolute Gasteiger partial charge is 0.258 e. The first-order chi connectivity index (χ1) is 12.7. The van der Waals surface area contributed by atoms with E-state index in [1.807, 2.05) is 47.2 Å². The lowest BCUT2D eigenvalue weighted by Gasteiger charge is -2.09. The van der Waals surface area contributed by atoms with Gasteiger partial charge in [0.05, 0.1) is 6.33 Å². The van der Waals surface area contributed by atoms with E-state index in [1.54, 1.807) is 12.5 Å². The van der Waals surface area contributed by atoms with E-state index in [9.17, 15) is 4.79 Å². The second kappa shape index (κ2) is 8.85. The summed E-state index contributed by atoms with van der Waals surface area (Å²) < 4.78 is 7.53. The van der Waals surface area contributed by atoms with Crippen molar-refractivity contribution in [3.8, 4) is 5.75 Å². The normalized spacial score (nSPS) is 10.5. The molecule has 0 atom stereocenters. The molecule has 5 nitrogen and oxygen atoms in total. The van der Waals surface area contributed by atoms with E-state index in [0.717, 1.165) is 18.5 Å². The number of carbonyl (C=O) groups is 1. The fraction of sp³-hybridized carbons (Fsp3) is 0.238. The molecular weight excluding hydrogens is 326 g/mol. The molecule has 134 valence electrons. The summed E-state index contributed by atoms with van der Waals surface area (Å²) in [6.45, 7) is 3.40. The van der Waals surface area contributed by atoms with Gasteiger partial charge >= 0.3 is 0 Å². The first-order valence-corrected chi connectivity index (χ1v) is 8.75. The van der Waals surface area contributed by atoms with Gasteiger partial charge in [-0.3, -0.25) is 4.79 Å². The highest BCUT2D eigenvalue weighted by Gasteiger charge is 2.03. The van der Waals surface area contributed by atoms with Gasteiger partial charge in [-0.2, -0.15) is 0 Å². The summed E-state index contributed by atoms with van der Waals surface area (Å²) in [5, 5.41) is 2.88. The van der Waals surface area contributed by atoms with Gasteiger partial charge in [0, 0.05) is 25.5 Å². The van der Waals surface area contributed by atoms with Crippen molar-refractivity contribution in [3.63, 3.8) is 0 Å². The maximum Gasteiger partial charge on any atom is 0.258 e. The Hall–Kier alpha value is -3.08. The molecule has 0 aliphatic heterocycles. The van der Waals surface area contributed by atoms with E-state index < -0.39 is 0 Å². The van der Waals surface area contributed by atoms with E-state index >= 15 is 0 Å². The van der Waals surface area contributed by atoms with Crippen LogP contribution < -0.4 is 10.1 Å². The minimum absolute atomic E-state index is 0.0180. The average molecular weight is 349 g/mol. The zero-order valence-electron chi connectivity index (χ0n) is 14.9. The third kappa shape index (κ3) is 5.21. The Bertz CT molecular complexity index is 809. The number of hydrogen-bond acceptors (Lipinski definition) is 3. The number of aromatic nitrogens is 2. The second-order valence-electron chi connectivity index (χ2n) is 6.11. The fourth-order valence-electron chi connectivity index (χ4n) is 2.58. The van der Waals surface area contributed by atoms with Gasteiger partial charge < -0.3 is 14.6 Å². The lowest BCUT2D eigenvalue weighted by molar-refractivity contribution is -0.123. The quantitative estimate of drug-likeness (QED) is 0.679. The SMILES string of the molecule is CCc1ccc(OCC(=O)NCc2ccc(Cn3ccnc3)cc2)cc1. The molecule has 0 saturated carbocycles. The molecule has 0 aliphatic carbocycles. The molecule has 0 radical (unpaired) electrons. The van der Waals surface area contributed by atoms with E-state index in [4.69, 9.17) is 4.74 Å². The first kappa shape index (κ1) is 17.7. The van der Waals surface area contributed by atoms with Crippen molar-refractivity contribution in [2.45, 2.75) is 26.4 Å². The molecule has 0 unspecified atom stereocenters. The van der Waals surface area contributed by atoms with Crippen molar-refractivity contribution in [2.75, 3.05) is 6.61 Å². The highest BCUT2D eigenvalue weighted by Crippen LogP contribution is 2.12. The number of carbonyl (C=O) groups excluding carboxylic acids is 1. The van der Waals surface area contributed by atoms with Gasteiger partial charge in [-0.05, 0) is 35.2 Å². The van der Waals surface area contributed by atoms with Crippen LogP contribution in [0.25, 0.3) is 0 Å². The molecule has 0 saturated heterocycles. The maximum absolute atomic E-state index is 11.9. The molecule has 1 heterocycles.